The van der Waals surface area contributed by atoms with Crippen LogP contribution in [0.2, 0.25) is 0 Å². The lowest BCUT2D eigenvalue weighted by Gasteiger charge is -2.12. The fourth-order valence-corrected chi connectivity index (χ4v) is 2.33. The highest BCUT2D eigenvalue weighted by Gasteiger charge is 2.09. The van der Waals surface area contributed by atoms with Gasteiger partial charge in [0.2, 0.25) is 0 Å². The Bertz CT molecular complexity index is 682. The Balaban J connectivity index is 2.34. The van der Waals surface area contributed by atoms with Crippen molar-refractivity contribution in [1.82, 2.24) is 0 Å². The van der Waals surface area contributed by atoms with Gasteiger partial charge in [0.05, 0.1) is 27.4 Å². The molecular formula is C18H20O5. The fraction of sp³-hybridized carbons (Fsp3) is 0.222. The third-order valence-corrected chi connectivity index (χ3v) is 3.54. The first-order valence-corrected chi connectivity index (χ1v) is 7.09. The predicted octanol–water partition coefficient (Wildman–Crippen LogP) is 2.56. The smallest absolute Gasteiger partial charge is 0.160 e. The molecule has 0 fully saturated rings. The largest absolute Gasteiger partial charge is 0.504 e. The molecule has 2 aromatic carbocycles. The van der Waals surface area contributed by atoms with Crippen molar-refractivity contribution in [2.24, 2.45) is 0 Å². The molecule has 0 heterocycles. The van der Waals surface area contributed by atoms with Crippen LogP contribution in [0, 0.1) is 0 Å². The lowest BCUT2D eigenvalue weighted by atomic mass is 10.0. The molecule has 5 heteroatoms. The molecule has 0 aromatic heterocycles. The van der Waals surface area contributed by atoms with Crippen molar-refractivity contribution in [3.8, 4) is 17.2 Å². The van der Waals surface area contributed by atoms with Gasteiger partial charge in [-0.05, 0) is 41.0 Å². The second-order valence-corrected chi connectivity index (χ2v) is 4.94. The summed E-state index contributed by atoms with van der Waals surface area (Å²) >= 11 is 0. The molecule has 0 spiro atoms. The van der Waals surface area contributed by atoms with Gasteiger partial charge < -0.3 is 24.8 Å². The minimum Gasteiger partial charge on any atom is -0.504 e. The minimum atomic E-state index is -0.199. The molecule has 0 aliphatic rings. The van der Waals surface area contributed by atoms with E-state index in [4.69, 9.17) is 9.47 Å². The Morgan fingerprint density at radius 2 is 1.57 bits per heavy atom. The minimum absolute atomic E-state index is 0.0684. The van der Waals surface area contributed by atoms with E-state index in [2.05, 4.69) is 0 Å². The van der Waals surface area contributed by atoms with Crippen LogP contribution < -0.4 is 9.47 Å². The SMILES string of the molecule is COc1ccc(/C=C\c2cc(CO)c(CO)c(OC)c2)cc1O. The number of rotatable bonds is 6. The zero-order valence-corrected chi connectivity index (χ0v) is 13.1. The molecule has 0 aliphatic heterocycles. The maximum absolute atomic E-state index is 9.78. The van der Waals surface area contributed by atoms with E-state index in [0.717, 1.165) is 11.1 Å². The molecule has 0 amide bonds. The van der Waals surface area contributed by atoms with Crippen LogP contribution in [-0.4, -0.2) is 29.5 Å². The lowest BCUT2D eigenvalue weighted by Crippen LogP contribution is -1.99. The quantitative estimate of drug-likeness (QED) is 0.714. The van der Waals surface area contributed by atoms with Gasteiger partial charge in [-0.1, -0.05) is 18.2 Å². The number of aliphatic hydroxyl groups excluding tert-OH is 2. The van der Waals surface area contributed by atoms with Crippen LogP contribution >= 0.6 is 0 Å². The number of aromatic hydroxyl groups is 1. The zero-order chi connectivity index (χ0) is 16.8. The molecule has 0 saturated carbocycles. The molecule has 5 nitrogen and oxygen atoms in total. The summed E-state index contributed by atoms with van der Waals surface area (Å²) in [5.41, 5.74) is 2.82. The van der Waals surface area contributed by atoms with E-state index in [1.54, 1.807) is 24.3 Å². The van der Waals surface area contributed by atoms with E-state index in [9.17, 15) is 15.3 Å². The summed E-state index contributed by atoms with van der Waals surface area (Å²) in [5.74, 6) is 1.01. The topological polar surface area (TPSA) is 79.2 Å². The molecule has 0 radical (unpaired) electrons. The molecule has 0 aliphatic carbocycles. The molecule has 122 valence electrons. The highest BCUT2D eigenvalue weighted by molar-refractivity contribution is 5.72. The van der Waals surface area contributed by atoms with Crippen molar-refractivity contribution < 1.29 is 24.8 Å². The average Bonchev–Trinajstić information content (AvgIpc) is 2.58. The third kappa shape index (κ3) is 3.83. The summed E-state index contributed by atoms with van der Waals surface area (Å²) in [6.45, 7) is -0.382. The Hall–Kier alpha value is -2.50. The highest BCUT2D eigenvalue weighted by atomic mass is 16.5. The Kier molecular flexibility index (Phi) is 5.62. The normalized spacial score (nSPS) is 11.0. The van der Waals surface area contributed by atoms with Gasteiger partial charge in [-0.25, -0.2) is 0 Å². The summed E-state index contributed by atoms with van der Waals surface area (Å²) in [7, 11) is 3.01. The van der Waals surface area contributed by atoms with Crippen LogP contribution in [0.25, 0.3) is 12.2 Å². The van der Waals surface area contributed by atoms with Gasteiger partial charge in [0.15, 0.2) is 11.5 Å². The zero-order valence-electron chi connectivity index (χ0n) is 13.1. The first-order chi connectivity index (χ1) is 11.1. The van der Waals surface area contributed by atoms with E-state index < -0.39 is 0 Å². The molecule has 2 aromatic rings. The average molecular weight is 316 g/mol. The fourth-order valence-electron chi connectivity index (χ4n) is 2.33. The maximum Gasteiger partial charge on any atom is 0.160 e. The van der Waals surface area contributed by atoms with Crippen molar-refractivity contribution in [2.75, 3.05) is 14.2 Å². The Labute approximate surface area is 135 Å². The van der Waals surface area contributed by atoms with Crippen LogP contribution in [0.1, 0.15) is 22.3 Å². The summed E-state index contributed by atoms with van der Waals surface area (Å²) in [6, 6.07) is 8.67. The molecule has 0 unspecified atom stereocenters. The number of ether oxygens (including phenoxy) is 2. The molecule has 23 heavy (non-hydrogen) atoms. The van der Waals surface area contributed by atoms with Crippen LogP contribution in [-0.2, 0) is 13.2 Å². The maximum atomic E-state index is 9.78. The van der Waals surface area contributed by atoms with E-state index in [1.807, 2.05) is 18.2 Å². The van der Waals surface area contributed by atoms with Gasteiger partial charge in [0.1, 0.15) is 5.75 Å². The first-order valence-electron chi connectivity index (χ1n) is 7.09. The predicted molar refractivity (Wildman–Crippen MR) is 88.4 cm³/mol. The standard InChI is InChI=1S/C18H20O5/c1-22-17-6-5-12(8-16(17)21)3-4-13-7-14(10-19)15(11-20)18(9-13)23-2/h3-9,19-21H,10-11H2,1-2H3/b4-3-. The second-order valence-electron chi connectivity index (χ2n) is 4.94. The number of hydrogen-bond donors (Lipinski definition) is 3. The molecule has 0 saturated heterocycles. The van der Waals surface area contributed by atoms with Gasteiger partial charge in [-0.3, -0.25) is 0 Å². The lowest BCUT2D eigenvalue weighted by molar-refractivity contribution is 0.254. The summed E-state index contributed by atoms with van der Waals surface area (Å²) in [6.07, 6.45) is 3.66. The van der Waals surface area contributed by atoms with E-state index >= 15 is 0 Å². The van der Waals surface area contributed by atoms with E-state index in [-0.39, 0.29) is 19.0 Å². The van der Waals surface area contributed by atoms with Gasteiger partial charge in [-0.15, -0.1) is 0 Å². The number of phenolic OH excluding ortho intramolecular Hbond substituents is 1. The van der Waals surface area contributed by atoms with Crippen molar-refractivity contribution >= 4 is 12.2 Å². The Morgan fingerprint density at radius 1 is 0.870 bits per heavy atom. The van der Waals surface area contributed by atoms with E-state index in [0.29, 0.717) is 22.6 Å². The summed E-state index contributed by atoms with van der Waals surface area (Å²) < 4.78 is 10.3. The molecule has 2 rings (SSSR count). The molecule has 3 N–H and O–H groups in total. The van der Waals surface area contributed by atoms with Gasteiger partial charge in [0, 0.05) is 5.56 Å². The molecule has 0 bridgehead atoms. The summed E-state index contributed by atoms with van der Waals surface area (Å²) in [4.78, 5) is 0. The van der Waals surface area contributed by atoms with E-state index in [1.165, 1.54) is 14.2 Å². The number of methoxy groups -OCH3 is 2. The molecule has 0 atom stereocenters. The number of aliphatic hydroxyl groups is 2. The highest BCUT2D eigenvalue weighted by Crippen LogP contribution is 2.28. The van der Waals surface area contributed by atoms with Crippen LogP contribution in [0.4, 0.5) is 0 Å². The van der Waals surface area contributed by atoms with Gasteiger partial charge in [-0.2, -0.15) is 0 Å². The van der Waals surface area contributed by atoms with Crippen LogP contribution in [0.3, 0.4) is 0 Å². The Morgan fingerprint density at radius 3 is 2.13 bits per heavy atom. The van der Waals surface area contributed by atoms with Crippen molar-refractivity contribution in [3.05, 3.63) is 52.6 Å². The van der Waals surface area contributed by atoms with Crippen molar-refractivity contribution in [1.29, 1.82) is 0 Å². The van der Waals surface area contributed by atoms with Crippen molar-refractivity contribution in [2.45, 2.75) is 13.2 Å². The number of benzene rings is 2. The summed E-state index contributed by atoms with van der Waals surface area (Å²) in [5, 5.41) is 28.6. The number of hydrogen-bond acceptors (Lipinski definition) is 5. The molecular weight excluding hydrogens is 296 g/mol. The van der Waals surface area contributed by atoms with Gasteiger partial charge in [0.25, 0.3) is 0 Å². The van der Waals surface area contributed by atoms with Gasteiger partial charge >= 0.3 is 0 Å². The van der Waals surface area contributed by atoms with Crippen LogP contribution in [0.5, 0.6) is 17.2 Å². The third-order valence-electron chi connectivity index (χ3n) is 3.54. The first kappa shape index (κ1) is 16.9. The van der Waals surface area contributed by atoms with Crippen LogP contribution in [0.15, 0.2) is 30.3 Å². The second kappa shape index (κ2) is 7.67. The monoisotopic (exact) mass is 316 g/mol. The van der Waals surface area contributed by atoms with Crippen molar-refractivity contribution in [3.63, 3.8) is 0 Å². The number of phenols is 1.